The fourth-order valence-electron chi connectivity index (χ4n) is 2.70. The van der Waals surface area contributed by atoms with E-state index in [-0.39, 0.29) is 16.5 Å². The Kier molecular flexibility index (Phi) is 5.55. The largest absolute Gasteiger partial charge is 0.495 e. The van der Waals surface area contributed by atoms with Gasteiger partial charge in [-0.3, -0.25) is 14.4 Å². The lowest BCUT2D eigenvalue weighted by atomic mass is 10.1. The van der Waals surface area contributed by atoms with Crippen molar-refractivity contribution in [2.24, 2.45) is 0 Å². The Morgan fingerprint density at radius 2 is 1.86 bits per heavy atom. The summed E-state index contributed by atoms with van der Waals surface area (Å²) in [6.45, 7) is 3.29. The second kappa shape index (κ2) is 7.92. The molecule has 1 aromatic heterocycles. The maximum atomic E-state index is 13.1. The van der Waals surface area contributed by atoms with Gasteiger partial charge in [0.15, 0.2) is 0 Å². The summed E-state index contributed by atoms with van der Waals surface area (Å²) in [6.07, 6.45) is 0. The van der Waals surface area contributed by atoms with Crippen molar-refractivity contribution < 1.29 is 22.4 Å². The van der Waals surface area contributed by atoms with Gasteiger partial charge in [0.25, 0.3) is 15.9 Å². The van der Waals surface area contributed by atoms with Crippen LogP contribution in [0, 0.1) is 13.8 Å². The maximum absolute atomic E-state index is 13.1. The predicted molar refractivity (Wildman–Crippen MR) is 107 cm³/mol. The zero-order valence-electron chi connectivity index (χ0n) is 16.3. The monoisotopic (exact) mass is 416 g/mol. The Morgan fingerprint density at radius 3 is 2.52 bits per heavy atom. The summed E-state index contributed by atoms with van der Waals surface area (Å²) in [6, 6.07) is 11.0. The van der Waals surface area contributed by atoms with Gasteiger partial charge in [-0.15, -0.1) is 5.10 Å². The molecule has 1 heterocycles. The number of para-hydroxylation sites is 2. The van der Waals surface area contributed by atoms with E-state index in [0.717, 1.165) is 4.31 Å². The van der Waals surface area contributed by atoms with Crippen LogP contribution in [0.25, 0.3) is 0 Å². The van der Waals surface area contributed by atoms with E-state index in [9.17, 15) is 13.2 Å². The molecule has 0 radical (unpaired) electrons. The van der Waals surface area contributed by atoms with Gasteiger partial charge in [-0.1, -0.05) is 23.3 Å². The predicted octanol–water partition coefficient (Wildman–Crippen LogP) is 2.77. The maximum Gasteiger partial charge on any atom is 0.322 e. The fourth-order valence-corrected chi connectivity index (χ4v) is 3.93. The number of nitrogens with one attached hydrogen (secondary N) is 1. The number of amides is 1. The Morgan fingerprint density at radius 1 is 1.14 bits per heavy atom. The molecule has 0 saturated carbocycles. The first-order valence-corrected chi connectivity index (χ1v) is 10.0. The number of methoxy groups -OCH3 is 1. The van der Waals surface area contributed by atoms with E-state index in [0.29, 0.717) is 22.9 Å². The Labute approximate surface area is 168 Å². The number of benzene rings is 2. The molecule has 10 heteroatoms. The first-order chi connectivity index (χ1) is 13.7. The number of carbonyl (C=O) groups is 1. The molecule has 0 aliphatic heterocycles. The summed E-state index contributed by atoms with van der Waals surface area (Å²) in [5, 5.41) is 9.82. The molecule has 0 aliphatic rings. The minimum absolute atomic E-state index is 0.0386. The van der Waals surface area contributed by atoms with Crippen molar-refractivity contribution in [1.29, 1.82) is 0 Å². The van der Waals surface area contributed by atoms with E-state index in [1.807, 2.05) is 0 Å². The van der Waals surface area contributed by atoms with E-state index >= 15 is 0 Å². The molecule has 29 heavy (non-hydrogen) atoms. The molecule has 3 aromatic rings. The number of anilines is 2. The molecule has 0 bridgehead atoms. The Balaban J connectivity index is 1.96. The number of aryl methyl sites for hydroxylation is 2. The third-order valence-electron chi connectivity index (χ3n) is 4.28. The fraction of sp³-hybridized carbons (Fsp3) is 0.211. The molecule has 3 rings (SSSR count). The first kappa shape index (κ1) is 20.3. The second-order valence-electron chi connectivity index (χ2n) is 6.20. The highest BCUT2D eigenvalue weighted by Crippen LogP contribution is 2.31. The summed E-state index contributed by atoms with van der Waals surface area (Å²) in [5.74, 6) is 0.158. The van der Waals surface area contributed by atoms with E-state index in [4.69, 9.17) is 9.15 Å². The van der Waals surface area contributed by atoms with Crippen molar-refractivity contribution in [3.63, 3.8) is 0 Å². The molecule has 0 saturated heterocycles. The van der Waals surface area contributed by atoms with Crippen molar-refractivity contribution in [1.82, 2.24) is 10.2 Å². The first-order valence-electron chi connectivity index (χ1n) is 8.58. The van der Waals surface area contributed by atoms with Crippen LogP contribution in [0.15, 0.2) is 51.8 Å². The number of rotatable bonds is 6. The SMILES string of the molecule is COc1ccccc1N(C)S(=O)(=O)c1ccc(C)c(C(=O)Nc2nnc(C)o2)c1. The summed E-state index contributed by atoms with van der Waals surface area (Å²) >= 11 is 0. The lowest BCUT2D eigenvalue weighted by Crippen LogP contribution is -2.27. The molecule has 9 nitrogen and oxygen atoms in total. The molecule has 152 valence electrons. The van der Waals surface area contributed by atoms with Crippen LogP contribution in [-0.4, -0.2) is 38.7 Å². The van der Waals surface area contributed by atoms with Crippen LogP contribution >= 0.6 is 0 Å². The third kappa shape index (κ3) is 4.06. The van der Waals surface area contributed by atoms with Crippen molar-refractivity contribution in [2.75, 3.05) is 23.8 Å². The molecular weight excluding hydrogens is 396 g/mol. The highest BCUT2D eigenvalue weighted by atomic mass is 32.2. The minimum Gasteiger partial charge on any atom is -0.495 e. The van der Waals surface area contributed by atoms with Gasteiger partial charge in [0.1, 0.15) is 5.75 Å². The summed E-state index contributed by atoms with van der Waals surface area (Å²) in [4.78, 5) is 12.6. The number of hydrogen-bond acceptors (Lipinski definition) is 7. The Bertz CT molecular complexity index is 1160. The molecule has 0 unspecified atom stereocenters. The molecule has 1 amide bonds. The van der Waals surface area contributed by atoms with Gasteiger partial charge in [-0.05, 0) is 36.8 Å². The van der Waals surface area contributed by atoms with E-state index in [1.165, 1.54) is 26.3 Å². The Hall–Kier alpha value is -3.40. The lowest BCUT2D eigenvalue weighted by Gasteiger charge is -2.22. The van der Waals surface area contributed by atoms with Crippen molar-refractivity contribution >= 4 is 27.6 Å². The molecule has 0 aliphatic carbocycles. The van der Waals surface area contributed by atoms with Crippen molar-refractivity contribution in [3.05, 3.63) is 59.5 Å². The zero-order valence-corrected chi connectivity index (χ0v) is 17.1. The molecule has 0 atom stereocenters. The average molecular weight is 416 g/mol. The third-order valence-corrected chi connectivity index (χ3v) is 6.05. The van der Waals surface area contributed by atoms with Crippen LogP contribution < -0.4 is 14.4 Å². The number of aromatic nitrogens is 2. The second-order valence-corrected chi connectivity index (χ2v) is 8.17. The topological polar surface area (TPSA) is 115 Å². The quantitative estimate of drug-likeness (QED) is 0.657. The summed E-state index contributed by atoms with van der Waals surface area (Å²) in [5.41, 5.74) is 1.15. The number of hydrogen-bond donors (Lipinski definition) is 1. The standard InChI is InChI=1S/C19H20N4O5S/c1-12-9-10-14(11-15(12)18(24)20-19-22-21-13(2)28-19)29(25,26)23(3)16-7-5-6-8-17(16)27-4/h5-11H,1-4H3,(H,20,22,24). The average Bonchev–Trinajstić information content (AvgIpc) is 3.11. The van der Waals surface area contributed by atoms with Crippen LogP contribution in [-0.2, 0) is 10.0 Å². The van der Waals surface area contributed by atoms with E-state index in [1.54, 1.807) is 44.2 Å². The molecular formula is C19H20N4O5S. The molecule has 0 spiro atoms. The lowest BCUT2D eigenvalue weighted by molar-refractivity contribution is 0.102. The minimum atomic E-state index is -3.94. The highest BCUT2D eigenvalue weighted by Gasteiger charge is 2.25. The number of carbonyl (C=O) groups excluding carboxylic acids is 1. The molecule has 0 fully saturated rings. The van der Waals surface area contributed by atoms with Crippen molar-refractivity contribution in [3.8, 4) is 5.75 Å². The van der Waals surface area contributed by atoms with E-state index < -0.39 is 15.9 Å². The highest BCUT2D eigenvalue weighted by molar-refractivity contribution is 7.92. The number of nitrogens with zero attached hydrogens (tertiary/aromatic N) is 3. The smallest absolute Gasteiger partial charge is 0.322 e. The number of sulfonamides is 1. The van der Waals surface area contributed by atoms with Crippen LogP contribution in [0.1, 0.15) is 21.8 Å². The van der Waals surface area contributed by atoms with Crippen LogP contribution in [0.5, 0.6) is 5.75 Å². The number of ether oxygens (including phenoxy) is 1. The van der Waals surface area contributed by atoms with Gasteiger partial charge >= 0.3 is 6.01 Å². The van der Waals surface area contributed by atoms with Crippen LogP contribution in [0.2, 0.25) is 0 Å². The van der Waals surface area contributed by atoms with Crippen molar-refractivity contribution in [2.45, 2.75) is 18.7 Å². The molecule has 1 N–H and O–H groups in total. The van der Waals surface area contributed by atoms with Crippen LogP contribution in [0.4, 0.5) is 11.7 Å². The zero-order chi connectivity index (χ0) is 21.2. The summed E-state index contributed by atoms with van der Waals surface area (Å²) in [7, 11) is -1.05. The molecule has 2 aromatic carbocycles. The van der Waals surface area contributed by atoms with Gasteiger partial charge < -0.3 is 9.15 Å². The van der Waals surface area contributed by atoms with Crippen LogP contribution in [0.3, 0.4) is 0 Å². The summed E-state index contributed by atoms with van der Waals surface area (Å²) < 4.78 is 37.8. The van der Waals surface area contributed by atoms with Gasteiger partial charge in [-0.2, -0.15) is 0 Å². The van der Waals surface area contributed by atoms with Gasteiger partial charge in [0.05, 0.1) is 17.7 Å². The van der Waals surface area contributed by atoms with Gasteiger partial charge in [0, 0.05) is 19.5 Å². The van der Waals surface area contributed by atoms with Gasteiger partial charge in [-0.25, -0.2) is 8.42 Å². The van der Waals surface area contributed by atoms with E-state index in [2.05, 4.69) is 15.5 Å². The van der Waals surface area contributed by atoms with Gasteiger partial charge in [0.2, 0.25) is 5.89 Å². The normalized spacial score (nSPS) is 11.2.